The van der Waals surface area contributed by atoms with Crippen molar-refractivity contribution in [2.45, 2.75) is 4.90 Å². The summed E-state index contributed by atoms with van der Waals surface area (Å²) in [6.07, 6.45) is 0. The lowest BCUT2D eigenvalue weighted by Gasteiger charge is -2.23. The van der Waals surface area contributed by atoms with Crippen molar-refractivity contribution in [3.8, 4) is 0 Å². The molecule has 2 rings (SSSR count). The van der Waals surface area contributed by atoms with Crippen molar-refractivity contribution in [2.75, 3.05) is 39.4 Å². The first kappa shape index (κ1) is 16.2. The summed E-state index contributed by atoms with van der Waals surface area (Å²) in [5.74, 6) is -4.93. The zero-order valence-corrected chi connectivity index (χ0v) is 12.0. The van der Waals surface area contributed by atoms with E-state index in [1.807, 2.05) is 0 Å². The van der Waals surface area contributed by atoms with Crippen molar-refractivity contribution >= 4 is 10.0 Å². The summed E-state index contributed by atoms with van der Waals surface area (Å²) >= 11 is 0. The molecule has 1 aromatic carbocycles. The standard InChI is InChI=1S/C12H15F3N2O3S/c13-9-1-2-10(12(15)11(9)14)21(18,19)16-3-4-17-5-7-20-8-6-17/h1-2,16H,3-8H2/p+1. The largest absolute Gasteiger partial charge is 0.370 e. The second kappa shape index (κ2) is 6.73. The van der Waals surface area contributed by atoms with E-state index in [0.717, 1.165) is 18.0 Å². The molecule has 5 nitrogen and oxygen atoms in total. The molecule has 2 N–H and O–H groups in total. The number of hydrogen-bond donors (Lipinski definition) is 2. The van der Waals surface area contributed by atoms with E-state index >= 15 is 0 Å². The Morgan fingerprint density at radius 1 is 1.14 bits per heavy atom. The van der Waals surface area contributed by atoms with E-state index in [0.29, 0.717) is 31.9 Å². The Labute approximate surface area is 120 Å². The molecule has 0 unspecified atom stereocenters. The average molecular weight is 325 g/mol. The van der Waals surface area contributed by atoms with Gasteiger partial charge in [-0.05, 0) is 12.1 Å². The molecule has 1 aliphatic rings. The van der Waals surface area contributed by atoms with E-state index in [-0.39, 0.29) is 6.54 Å². The number of ether oxygens (including phenoxy) is 1. The predicted molar refractivity (Wildman–Crippen MR) is 67.9 cm³/mol. The fourth-order valence-corrected chi connectivity index (χ4v) is 3.16. The summed E-state index contributed by atoms with van der Waals surface area (Å²) in [6, 6.07) is 1.29. The van der Waals surface area contributed by atoms with Crippen molar-refractivity contribution in [1.82, 2.24) is 4.72 Å². The van der Waals surface area contributed by atoms with Gasteiger partial charge in [-0.25, -0.2) is 26.3 Å². The van der Waals surface area contributed by atoms with E-state index in [1.165, 1.54) is 0 Å². The van der Waals surface area contributed by atoms with Crippen LogP contribution in [-0.4, -0.2) is 47.8 Å². The van der Waals surface area contributed by atoms with Crippen molar-refractivity contribution in [3.63, 3.8) is 0 Å². The van der Waals surface area contributed by atoms with Crippen LogP contribution in [0.3, 0.4) is 0 Å². The second-order valence-corrected chi connectivity index (χ2v) is 6.42. The molecule has 0 aliphatic carbocycles. The van der Waals surface area contributed by atoms with E-state index in [2.05, 4.69) is 4.72 Å². The number of quaternary nitrogens is 1. The van der Waals surface area contributed by atoms with E-state index in [1.54, 1.807) is 0 Å². The number of hydrogen-bond acceptors (Lipinski definition) is 3. The van der Waals surface area contributed by atoms with E-state index in [9.17, 15) is 21.6 Å². The Morgan fingerprint density at radius 2 is 1.81 bits per heavy atom. The zero-order valence-electron chi connectivity index (χ0n) is 11.2. The normalized spacial score (nSPS) is 17.1. The van der Waals surface area contributed by atoms with Crippen LogP contribution in [0, 0.1) is 17.5 Å². The molecule has 1 fully saturated rings. The summed E-state index contributed by atoms with van der Waals surface area (Å²) in [7, 11) is -4.21. The second-order valence-electron chi connectivity index (χ2n) is 4.68. The highest BCUT2D eigenvalue weighted by Gasteiger charge is 2.24. The van der Waals surface area contributed by atoms with Crippen LogP contribution in [0.4, 0.5) is 13.2 Å². The molecule has 0 spiro atoms. The van der Waals surface area contributed by atoms with Crippen LogP contribution in [0.5, 0.6) is 0 Å². The lowest BCUT2D eigenvalue weighted by Crippen LogP contribution is -3.14. The van der Waals surface area contributed by atoms with Gasteiger partial charge in [-0.15, -0.1) is 0 Å². The minimum atomic E-state index is -4.21. The maximum Gasteiger partial charge on any atom is 0.243 e. The van der Waals surface area contributed by atoms with Crippen LogP contribution in [-0.2, 0) is 14.8 Å². The molecule has 0 aromatic heterocycles. The Morgan fingerprint density at radius 3 is 2.48 bits per heavy atom. The molecule has 21 heavy (non-hydrogen) atoms. The summed E-state index contributed by atoms with van der Waals surface area (Å²) in [6.45, 7) is 3.34. The first-order valence-corrected chi connectivity index (χ1v) is 7.94. The molecule has 0 bridgehead atoms. The third kappa shape index (κ3) is 3.94. The number of nitrogens with one attached hydrogen (secondary N) is 2. The monoisotopic (exact) mass is 325 g/mol. The summed E-state index contributed by atoms with van der Waals surface area (Å²) in [5.41, 5.74) is 0. The summed E-state index contributed by atoms with van der Waals surface area (Å²) in [4.78, 5) is 0.271. The molecule has 0 amide bonds. The fraction of sp³-hybridized carbons (Fsp3) is 0.500. The van der Waals surface area contributed by atoms with Crippen molar-refractivity contribution in [3.05, 3.63) is 29.6 Å². The van der Waals surface area contributed by atoms with Crippen LogP contribution in [0.1, 0.15) is 0 Å². The summed E-state index contributed by atoms with van der Waals surface area (Å²) < 4.78 is 70.5. The van der Waals surface area contributed by atoms with Crippen LogP contribution >= 0.6 is 0 Å². The van der Waals surface area contributed by atoms with Crippen LogP contribution in [0.2, 0.25) is 0 Å². The Bertz CT molecular complexity index is 604. The minimum Gasteiger partial charge on any atom is -0.370 e. The highest BCUT2D eigenvalue weighted by atomic mass is 32.2. The first-order valence-electron chi connectivity index (χ1n) is 6.46. The number of morpholine rings is 1. The smallest absolute Gasteiger partial charge is 0.243 e. The minimum absolute atomic E-state index is 0.0795. The predicted octanol–water partition coefficient (Wildman–Crippen LogP) is -0.703. The van der Waals surface area contributed by atoms with E-state index in [4.69, 9.17) is 4.74 Å². The lowest BCUT2D eigenvalue weighted by atomic mass is 10.3. The van der Waals surface area contributed by atoms with Gasteiger partial charge in [0.1, 0.15) is 18.0 Å². The molecule has 9 heteroatoms. The van der Waals surface area contributed by atoms with Gasteiger partial charge in [0.25, 0.3) is 0 Å². The molecule has 0 radical (unpaired) electrons. The summed E-state index contributed by atoms with van der Waals surface area (Å²) in [5, 5.41) is 0. The molecular formula is C12H16F3N2O3S+. The maximum absolute atomic E-state index is 13.5. The van der Waals surface area contributed by atoms with Crippen LogP contribution in [0.15, 0.2) is 17.0 Å². The van der Waals surface area contributed by atoms with Gasteiger partial charge in [-0.2, -0.15) is 0 Å². The highest BCUT2D eigenvalue weighted by molar-refractivity contribution is 7.89. The van der Waals surface area contributed by atoms with Gasteiger partial charge in [-0.1, -0.05) is 0 Å². The van der Waals surface area contributed by atoms with Crippen molar-refractivity contribution < 1.29 is 31.2 Å². The number of sulfonamides is 1. The molecule has 1 heterocycles. The van der Waals surface area contributed by atoms with Crippen LogP contribution < -0.4 is 9.62 Å². The Hall–Kier alpha value is -1.16. The van der Waals surface area contributed by atoms with E-state index < -0.39 is 32.4 Å². The van der Waals surface area contributed by atoms with Gasteiger partial charge in [0.05, 0.1) is 26.3 Å². The SMILES string of the molecule is O=S(=O)(NCC[NH+]1CCOCC1)c1ccc(F)c(F)c1F. The third-order valence-corrected chi connectivity index (χ3v) is 4.74. The quantitative estimate of drug-likeness (QED) is 0.704. The van der Waals surface area contributed by atoms with Gasteiger partial charge in [0, 0.05) is 0 Å². The fourth-order valence-electron chi connectivity index (χ4n) is 2.07. The number of rotatable bonds is 5. The molecule has 1 saturated heterocycles. The molecule has 1 aliphatic heterocycles. The average Bonchev–Trinajstić information content (AvgIpc) is 2.45. The van der Waals surface area contributed by atoms with Gasteiger partial charge in [0.15, 0.2) is 17.5 Å². The van der Waals surface area contributed by atoms with Gasteiger partial charge < -0.3 is 9.64 Å². The van der Waals surface area contributed by atoms with Gasteiger partial charge >= 0.3 is 0 Å². The van der Waals surface area contributed by atoms with Gasteiger partial charge in [0.2, 0.25) is 10.0 Å². The molecule has 1 aromatic rings. The Kier molecular flexibility index (Phi) is 5.20. The molecule has 118 valence electrons. The highest BCUT2D eigenvalue weighted by Crippen LogP contribution is 2.19. The maximum atomic E-state index is 13.5. The van der Waals surface area contributed by atoms with Crippen molar-refractivity contribution in [1.29, 1.82) is 0 Å². The molecule has 0 saturated carbocycles. The topological polar surface area (TPSA) is 59.8 Å². The Balaban J connectivity index is 2.00. The molecule has 0 atom stereocenters. The first-order chi connectivity index (χ1) is 9.92. The van der Waals surface area contributed by atoms with Crippen LogP contribution in [0.25, 0.3) is 0 Å². The van der Waals surface area contributed by atoms with Crippen molar-refractivity contribution in [2.24, 2.45) is 0 Å². The van der Waals surface area contributed by atoms with Gasteiger partial charge in [-0.3, -0.25) is 0 Å². The zero-order chi connectivity index (χ0) is 15.5. The lowest BCUT2D eigenvalue weighted by molar-refractivity contribution is -0.906. The number of benzene rings is 1. The molecular weight excluding hydrogens is 309 g/mol. The number of halogens is 3. The third-order valence-electron chi connectivity index (χ3n) is 3.26.